The molecular formula is C8H8O2. The first-order valence-corrected chi connectivity index (χ1v) is 3.21. The molecule has 1 aromatic carbocycles. The van der Waals surface area contributed by atoms with Gasteiger partial charge in [-0.15, -0.1) is 0 Å². The van der Waals surface area contributed by atoms with Gasteiger partial charge in [0.2, 0.25) is 0 Å². The number of ether oxygens (including phenoxy) is 1. The Morgan fingerprint density at radius 1 is 1.30 bits per heavy atom. The quantitative estimate of drug-likeness (QED) is 0.562. The first-order valence-electron chi connectivity index (χ1n) is 3.21. The van der Waals surface area contributed by atoms with Crippen molar-refractivity contribution < 1.29 is 9.84 Å². The van der Waals surface area contributed by atoms with Gasteiger partial charge in [0.15, 0.2) is 11.5 Å². The summed E-state index contributed by atoms with van der Waals surface area (Å²) in [6.07, 6.45) is 0. The van der Waals surface area contributed by atoms with Gasteiger partial charge in [-0.3, -0.25) is 0 Å². The molecule has 0 fully saturated rings. The first-order chi connectivity index (χ1) is 4.70. The third-order valence-electron chi connectivity index (χ3n) is 1.80. The molecule has 0 bridgehead atoms. The van der Waals surface area contributed by atoms with Crippen LogP contribution in [0.15, 0.2) is 6.07 Å². The zero-order valence-electron chi connectivity index (χ0n) is 5.93. The Balaban J connectivity index is 2.71. The van der Waals surface area contributed by atoms with Crippen molar-refractivity contribution in [3.8, 4) is 17.2 Å². The lowest BCUT2D eigenvalue weighted by Gasteiger charge is -1.92. The van der Waals surface area contributed by atoms with E-state index in [0.29, 0.717) is 5.75 Å². The molecule has 0 saturated carbocycles. The summed E-state index contributed by atoms with van der Waals surface area (Å²) in [4.78, 5) is 0. The summed E-state index contributed by atoms with van der Waals surface area (Å²) in [6, 6.07) is 1.72. The smallest absolute Gasteiger partial charge is 0.177 e. The molecule has 1 aromatic rings. The molecule has 0 saturated heterocycles. The highest BCUT2D eigenvalue weighted by molar-refractivity contribution is 5.66. The van der Waals surface area contributed by atoms with Gasteiger partial charge >= 0.3 is 0 Å². The summed E-state index contributed by atoms with van der Waals surface area (Å²) in [7, 11) is 0. The Labute approximate surface area is 59.1 Å². The van der Waals surface area contributed by atoms with Gasteiger partial charge < -0.3 is 9.84 Å². The van der Waals surface area contributed by atoms with Crippen LogP contribution in [0.1, 0.15) is 11.1 Å². The fourth-order valence-corrected chi connectivity index (χ4v) is 1.08. The lowest BCUT2D eigenvalue weighted by molar-refractivity contribution is 0.470. The molecule has 0 radical (unpaired) electrons. The maximum atomic E-state index is 9.23. The van der Waals surface area contributed by atoms with E-state index in [4.69, 9.17) is 4.74 Å². The van der Waals surface area contributed by atoms with Crippen LogP contribution in [0, 0.1) is 13.8 Å². The van der Waals surface area contributed by atoms with Crippen molar-refractivity contribution in [2.45, 2.75) is 13.8 Å². The molecule has 0 aliphatic carbocycles. The van der Waals surface area contributed by atoms with Crippen molar-refractivity contribution in [2.75, 3.05) is 0 Å². The normalized spacial score (nSPS) is 12.2. The second-order valence-corrected chi connectivity index (χ2v) is 2.60. The molecular weight excluding hydrogens is 128 g/mol. The third-order valence-corrected chi connectivity index (χ3v) is 1.80. The van der Waals surface area contributed by atoms with E-state index in [1.165, 1.54) is 0 Å². The van der Waals surface area contributed by atoms with Crippen molar-refractivity contribution in [3.63, 3.8) is 0 Å². The van der Waals surface area contributed by atoms with Gasteiger partial charge in [-0.1, -0.05) is 0 Å². The van der Waals surface area contributed by atoms with Crippen LogP contribution in [-0.4, -0.2) is 5.11 Å². The van der Waals surface area contributed by atoms with Gasteiger partial charge in [-0.05, 0) is 25.5 Å². The zero-order valence-corrected chi connectivity index (χ0v) is 5.93. The highest BCUT2D eigenvalue weighted by atomic mass is 16.6. The van der Waals surface area contributed by atoms with E-state index in [1.807, 2.05) is 13.8 Å². The monoisotopic (exact) mass is 136 g/mol. The molecule has 1 heterocycles. The predicted octanol–water partition coefficient (Wildman–Crippen LogP) is 2.11. The highest BCUT2D eigenvalue weighted by Gasteiger charge is 2.27. The Kier molecular flexibility index (Phi) is 0.813. The Morgan fingerprint density at radius 3 is 2.70 bits per heavy atom. The zero-order chi connectivity index (χ0) is 7.30. The lowest BCUT2D eigenvalue weighted by Crippen LogP contribution is -1.69. The van der Waals surface area contributed by atoms with Crippen LogP contribution >= 0.6 is 0 Å². The van der Waals surface area contributed by atoms with Crippen LogP contribution in [0.5, 0.6) is 17.2 Å². The first kappa shape index (κ1) is 5.59. The maximum absolute atomic E-state index is 9.23. The standard InChI is InChI=1S/C8H8O2/c1-4-3-6(9)5(2)8-7(4)10-8/h3,9H,1-2H3. The molecule has 2 heteroatoms. The van der Waals surface area contributed by atoms with E-state index in [9.17, 15) is 5.11 Å². The number of fused-ring (bicyclic) bond motifs is 1. The minimum atomic E-state index is 0.328. The van der Waals surface area contributed by atoms with Crippen LogP contribution in [0.2, 0.25) is 0 Å². The molecule has 0 spiro atoms. The highest BCUT2D eigenvalue weighted by Crippen LogP contribution is 2.53. The molecule has 2 rings (SSSR count). The van der Waals surface area contributed by atoms with Gasteiger partial charge in [-0.25, -0.2) is 0 Å². The second kappa shape index (κ2) is 1.45. The number of phenolic OH excluding ortho intramolecular Hbond substituents is 1. The van der Waals surface area contributed by atoms with Crippen LogP contribution in [0.25, 0.3) is 0 Å². The summed E-state index contributed by atoms with van der Waals surface area (Å²) >= 11 is 0. The van der Waals surface area contributed by atoms with Crippen LogP contribution in [0.3, 0.4) is 0 Å². The topological polar surface area (TPSA) is 32.8 Å². The number of rotatable bonds is 0. The summed E-state index contributed by atoms with van der Waals surface area (Å²) in [5, 5.41) is 9.23. The van der Waals surface area contributed by atoms with Crippen LogP contribution < -0.4 is 4.74 Å². The minimum Gasteiger partial charge on any atom is -0.508 e. The molecule has 2 nitrogen and oxygen atoms in total. The molecule has 10 heavy (non-hydrogen) atoms. The molecule has 52 valence electrons. The number of benzene rings is 1. The largest absolute Gasteiger partial charge is 0.508 e. The van der Waals surface area contributed by atoms with Crippen molar-refractivity contribution in [1.29, 1.82) is 0 Å². The number of hydrogen-bond donors (Lipinski definition) is 1. The molecule has 1 aliphatic rings. The fraction of sp³-hybridized carbons (Fsp3) is 0.250. The molecule has 0 aromatic heterocycles. The lowest BCUT2D eigenvalue weighted by atomic mass is 10.1. The van der Waals surface area contributed by atoms with Crippen LogP contribution in [0.4, 0.5) is 0 Å². The molecule has 0 unspecified atom stereocenters. The predicted molar refractivity (Wildman–Crippen MR) is 37.7 cm³/mol. The van der Waals surface area contributed by atoms with Gasteiger partial charge in [0, 0.05) is 5.56 Å². The van der Waals surface area contributed by atoms with Gasteiger partial charge in [-0.2, -0.15) is 0 Å². The SMILES string of the molecule is Cc1cc(O)c(C)c2c1O2. The van der Waals surface area contributed by atoms with E-state index in [0.717, 1.165) is 22.6 Å². The maximum Gasteiger partial charge on any atom is 0.177 e. The third kappa shape index (κ3) is 0.533. The Bertz CT molecular complexity index is 299. The van der Waals surface area contributed by atoms with E-state index in [1.54, 1.807) is 6.07 Å². The van der Waals surface area contributed by atoms with E-state index in [-0.39, 0.29) is 0 Å². The number of phenols is 1. The number of aryl methyl sites for hydroxylation is 1. The molecule has 0 atom stereocenters. The molecule has 0 amide bonds. The van der Waals surface area contributed by atoms with Gasteiger partial charge in [0.05, 0.1) is 0 Å². The number of aromatic hydroxyl groups is 1. The summed E-state index contributed by atoms with van der Waals surface area (Å²) in [5.74, 6) is 2.13. The summed E-state index contributed by atoms with van der Waals surface area (Å²) in [5.41, 5.74) is 1.86. The Morgan fingerprint density at radius 2 is 2.00 bits per heavy atom. The molecule has 1 N–H and O–H groups in total. The van der Waals surface area contributed by atoms with Crippen molar-refractivity contribution in [3.05, 3.63) is 17.2 Å². The molecule has 1 aliphatic heterocycles. The van der Waals surface area contributed by atoms with Crippen LogP contribution in [-0.2, 0) is 0 Å². The summed E-state index contributed by atoms with van der Waals surface area (Å²) < 4.78 is 5.12. The van der Waals surface area contributed by atoms with Gasteiger partial charge in [0.1, 0.15) is 5.75 Å². The van der Waals surface area contributed by atoms with E-state index < -0.39 is 0 Å². The van der Waals surface area contributed by atoms with E-state index >= 15 is 0 Å². The van der Waals surface area contributed by atoms with E-state index in [2.05, 4.69) is 0 Å². The average molecular weight is 136 g/mol. The summed E-state index contributed by atoms with van der Waals surface area (Å²) in [6.45, 7) is 3.77. The second-order valence-electron chi connectivity index (χ2n) is 2.60. The average Bonchev–Trinajstić information content (AvgIpc) is 2.61. The van der Waals surface area contributed by atoms with Crippen molar-refractivity contribution in [2.24, 2.45) is 0 Å². The van der Waals surface area contributed by atoms with Crippen molar-refractivity contribution >= 4 is 0 Å². The number of hydrogen-bond acceptors (Lipinski definition) is 2. The van der Waals surface area contributed by atoms with Crippen molar-refractivity contribution in [1.82, 2.24) is 0 Å². The van der Waals surface area contributed by atoms with Gasteiger partial charge in [0.25, 0.3) is 0 Å². The Hall–Kier alpha value is -1.18. The fourth-order valence-electron chi connectivity index (χ4n) is 1.08. The minimum absolute atomic E-state index is 0.328.